The van der Waals surface area contributed by atoms with Gasteiger partial charge in [-0.15, -0.1) is 0 Å². The molecule has 0 unspecified atom stereocenters. The molecule has 1 aromatic carbocycles. The molecule has 2 aliphatic heterocycles. The van der Waals surface area contributed by atoms with Crippen LogP contribution in [0, 0.1) is 5.92 Å². The van der Waals surface area contributed by atoms with E-state index in [-0.39, 0.29) is 11.8 Å². The summed E-state index contributed by atoms with van der Waals surface area (Å²) in [6.45, 7) is 3.22. The molecule has 0 amide bonds. The molecule has 2 saturated carbocycles. The number of ether oxygens (including phenoxy) is 2. The Hall–Kier alpha value is -1.44. The van der Waals surface area contributed by atoms with Crippen molar-refractivity contribution in [3.8, 4) is 11.5 Å². The number of piperidine rings is 1. The number of carbonyl (C=O) groups excluding carboxylic acids is 2. The third-order valence-corrected chi connectivity index (χ3v) is 8.58. The van der Waals surface area contributed by atoms with Crippen LogP contribution < -0.4 is 9.47 Å². The molecule has 6 rings (SSSR count). The Labute approximate surface area is 177 Å². The highest BCUT2D eigenvalue weighted by Gasteiger charge is 2.74. The number of rotatable bonds is 3. The SMILES string of the molecule is CC(=O)Oc1ccc2c3c1O[C@H]1C(=O)[C@@H](Br)C[C@@]4(O)[C@@H](C2)N(CC2CC2)CC[C@]314. The van der Waals surface area contributed by atoms with Gasteiger partial charge in [0.1, 0.15) is 0 Å². The Balaban J connectivity index is 1.55. The zero-order chi connectivity index (χ0) is 20.1. The maximum absolute atomic E-state index is 13.2. The first kappa shape index (κ1) is 18.3. The van der Waals surface area contributed by atoms with Crippen molar-refractivity contribution < 1.29 is 24.2 Å². The maximum atomic E-state index is 13.2. The van der Waals surface area contributed by atoms with Gasteiger partial charge in [-0.2, -0.15) is 0 Å². The average Bonchev–Trinajstić information content (AvgIpc) is 3.39. The van der Waals surface area contributed by atoms with E-state index in [1.807, 2.05) is 6.07 Å². The van der Waals surface area contributed by atoms with Crippen LogP contribution in [0.5, 0.6) is 11.5 Å². The quantitative estimate of drug-likeness (QED) is 0.422. The number of Topliss-reactive ketones (excluding diaryl/α,β-unsaturated/α-hetero) is 1. The van der Waals surface area contributed by atoms with Gasteiger partial charge < -0.3 is 14.6 Å². The third-order valence-electron chi connectivity index (χ3n) is 7.81. The molecule has 3 aliphatic carbocycles. The van der Waals surface area contributed by atoms with Crippen LogP contribution in [0.15, 0.2) is 12.1 Å². The molecule has 6 nitrogen and oxygen atoms in total. The van der Waals surface area contributed by atoms with Crippen molar-refractivity contribution in [1.82, 2.24) is 4.90 Å². The fraction of sp³-hybridized carbons (Fsp3) is 0.636. The number of aliphatic hydroxyl groups is 1. The van der Waals surface area contributed by atoms with Crippen molar-refractivity contribution >= 4 is 27.7 Å². The molecule has 154 valence electrons. The standard InChI is InChI=1S/C22H24BrNO5/c1-11(25)28-15-5-4-13-8-16-22(27)9-14(23)18(26)20-21(22,17(13)19(15)29-20)6-7-24(16)10-12-2-3-12/h4-5,12,14,16,20,27H,2-3,6-10H2,1H3/t14-,16+,20-,21-,22+/m0/s1. The second-order valence-electron chi connectivity index (χ2n) is 9.40. The number of nitrogens with zero attached hydrogens (tertiary/aromatic N) is 1. The Bertz CT molecular complexity index is 945. The van der Waals surface area contributed by atoms with Gasteiger partial charge in [-0.1, -0.05) is 22.0 Å². The molecule has 29 heavy (non-hydrogen) atoms. The highest BCUT2D eigenvalue weighted by atomic mass is 79.9. The second kappa shape index (κ2) is 5.83. The van der Waals surface area contributed by atoms with E-state index in [0.717, 1.165) is 36.6 Å². The van der Waals surface area contributed by atoms with Crippen LogP contribution in [0.25, 0.3) is 0 Å². The summed E-state index contributed by atoms with van der Waals surface area (Å²) in [5.74, 6) is 1.11. The number of ketones is 1. The van der Waals surface area contributed by atoms with Crippen molar-refractivity contribution in [1.29, 1.82) is 0 Å². The van der Waals surface area contributed by atoms with E-state index in [0.29, 0.717) is 24.3 Å². The zero-order valence-corrected chi connectivity index (χ0v) is 17.9. The summed E-state index contributed by atoms with van der Waals surface area (Å²) in [5.41, 5.74) is 0.186. The molecule has 2 bridgehead atoms. The molecular weight excluding hydrogens is 438 g/mol. The van der Waals surface area contributed by atoms with Crippen LogP contribution in [0.4, 0.5) is 0 Å². The van der Waals surface area contributed by atoms with Crippen molar-refractivity contribution in [2.75, 3.05) is 13.1 Å². The Kier molecular flexibility index (Phi) is 3.69. The molecule has 0 aromatic heterocycles. The second-order valence-corrected chi connectivity index (χ2v) is 10.5. The van der Waals surface area contributed by atoms with Crippen LogP contribution in [0.1, 0.15) is 43.7 Å². The molecule has 2 heterocycles. The summed E-state index contributed by atoms with van der Waals surface area (Å²) in [4.78, 5) is 26.8. The minimum absolute atomic E-state index is 0.0260. The molecule has 5 aliphatic rings. The number of hydrogen-bond acceptors (Lipinski definition) is 6. The number of likely N-dealkylation sites (tertiary alicyclic amines) is 1. The van der Waals surface area contributed by atoms with E-state index < -0.39 is 27.9 Å². The van der Waals surface area contributed by atoms with Crippen LogP contribution in [0.3, 0.4) is 0 Å². The van der Waals surface area contributed by atoms with E-state index in [4.69, 9.17) is 9.47 Å². The summed E-state index contributed by atoms with van der Waals surface area (Å²) in [6, 6.07) is 3.72. The largest absolute Gasteiger partial charge is 0.477 e. The van der Waals surface area contributed by atoms with Crippen LogP contribution in [-0.4, -0.2) is 57.4 Å². The number of esters is 1. The Morgan fingerprint density at radius 3 is 2.93 bits per heavy atom. The van der Waals surface area contributed by atoms with Crippen molar-refractivity contribution in [2.24, 2.45) is 5.92 Å². The van der Waals surface area contributed by atoms with Gasteiger partial charge in [-0.3, -0.25) is 14.5 Å². The number of hydrogen-bond donors (Lipinski definition) is 1. The van der Waals surface area contributed by atoms with Gasteiger partial charge in [-0.25, -0.2) is 0 Å². The van der Waals surface area contributed by atoms with Crippen molar-refractivity contribution in [2.45, 2.75) is 67.0 Å². The summed E-state index contributed by atoms with van der Waals surface area (Å²) in [5, 5.41) is 12.3. The molecule has 1 saturated heterocycles. The van der Waals surface area contributed by atoms with Gasteiger partial charge in [0.2, 0.25) is 0 Å². The molecule has 0 radical (unpaired) electrons. The minimum Gasteiger partial charge on any atom is -0.477 e. The van der Waals surface area contributed by atoms with E-state index in [2.05, 4.69) is 20.8 Å². The first-order valence-corrected chi connectivity index (χ1v) is 11.4. The van der Waals surface area contributed by atoms with Gasteiger partial charge in [0, 0.05) is 25.1 Å². The van der Waals surface area contributed by atoms with Gasteiger partial charge in [0.15, 0.2) is 23.4 Å². The van der Waals surface area contributed by atoms with E-state index in [9.17, 15) is 14.7 Å². The minimum atomic E-state index is -1.06. The summed E-state index contributed by atoms with van der Waals surface area (Å²) in [7, 11) is 0. The average molecular weight is 462 g/mol. The fourth-order valence-electron chi connectivity index (χ4n) is 6.47. The Morgan fingerprint density at radius 2 is 2.21 bits per heavy atom. The normalized spacial score (nSPS) is 39.7. The van der Waals surface area contributed by atoms with Crippen molar-refractivity contribution in [3.05, 3.63) is 23.3 Å². The lowest BCUT2D eigenvalue weighted by Gasteiger charge is -2.63. The molecule has 7 heteroatoms. The van der Waals surface area contributed by atoms with E-state index >= 15 is 0 Å². The molecule has 1 aromatic rings. The van der Waals surface area contributed by atoms with Gasteiger partial charge >= 0.3 is 5.97 Å². The zero-order valence-electron chi connectivity index (χ0n) is 16.3. The highest BCUT2D eigenvalue weighted by molar-refractivity contribution is 9.10. The lowest BCUT2D eigenvalue weighted by molar-refractivity contribution is -0.187. The first-order chi connectivity index (χ1) is 13.8. The number of halogens is 1. The highest BCUT2D eigenvalue weighted by Crippen LogP contribution is 2.65. The van der Waals surface area contributed by atoms with E-state index in [1.165, 1.54) is 19.8 Å². The summed E-state index contributed by atoms with van der Waals surface area (Å²) >= 11 is 3.53. The van der Waals surface area contributed by atoms with Gasteiger partial charge in [0.25, 0.3) is 0 Å². The fourth-order valence-corrected chi connectivity index (χ4v) is 7.20. The predicted molar refractivity (Wildman–Crippen MR) is 108 cm³/mol. The Morgan fingerprint density at radius 1 is 1.41 bits per heavy atom. The van der Waals surface area contributed by atoms with Gasteiger partial charge in [-0.05, 0) is 56.2 Å². The molecule has 1 spiro atoms. The van der Waals surface area contributed by atoms with Crippen LogP contribution in [-0.2, 0) is 21.4 Å². The summed E-state index contributed by atoms with van der Waals surface area (Å²) in [6.07, 6.45) is 3.56. The number of alkyl halides is 1. The lowest BCUT2D eigenvalue weighted by Crippen LogP contribution is -2.78. The lowest BCUT2D eigenvalue weighted by atomic mass is 9.49. The monoisotopic (exact) mass is 461 g/mol. The van der Waals surface area contributed by atoms with Crippen molar-refractivity contribution in [3.63, 3.8) is 0 Å². The third kappa shape index (κ3) is 2.24. The summed E-state index contributed by atoms with van der Waals surface area (Å²) < 4.78 is 11.7. The molecule has 5 atom stereocenters. The maximum Gasteiger partial charge on any atom is 0.308 e. The molecule has 3 fully saturated rings. The molecular formula is C22H24BrNO5. The first-order valence-electron chi connectivity index (χ1n) is 10.5. The predicted octanol–water partition coefficient (Wildman–Crippen LogP) is 2.12. The van der Waals surface area contributed by atoms with Crippen LogP contribution in [0.2, 0.25) is 0 Å². The van der Waals surface area contributed by atoms with E-state index in [1.54, 1.807) is 6.07 Å². The number of carbonyl (C=O) groups is 2. The number of benzene rings is 1. The topological polar surface area (TPSA) is 76.1 Å². The van der Waals surface area contributed by atoms with Gasteiger partial charge in [0.05, 0.1) is 15.8 Å². The van der Waals surface area contributed by atoms with Crippen LogP contribution >= 0.6 is 15.9 Å². The smallest absolute Gasteiger partial charge is 0.308 e. The molecule has 1 N–H and O–H groups in total.